The molecule has 2 aliphatic heterocycles. The average Bonchev–Trinajstić information content (AvgIpc) is 2.64. The van der Waals surface area contributed by atoms with Gasteiger partial charge in [0.1, 0.15) is 5.84 Å². The summed E-state index contributed by atoms with van der Waals surface area (Å²) in [6, 6.07) is 7.58. The summed E-state index contributed by atoms with van der Waals surface area (Å²) >= 11 is 0. The molecule has 0 amide bonds. The molecule has 6 heteroatoms. The molecule has 0 saturated carbocycles. The van der Waals surface area contributed by atoms with Crippen LogP contribution in [0.25, 0.3) is 0 Å². The van der Waals surface area contributed by atoms with Crippen molar-refractivity contribution in [2.45, 2.75) is 128 Å². The van der Waals surface area contributed by atoms with Gasteiger partial charge in [0.2, 0.25) is 0 Å². The lowest BCUT2D eigenvalue weighted by molar-refractivity contribution is 0.0768. The highest BCUT2D eigenvalue weighted by molar-refractivity contribution is 5.96. The maximum absolute atomic E-state index is 8.30. The summed E-state index contributed by atoms with van der Waals surface area (Å²) in [4.78, 5) is 4.94. The van der Waals surface area contributed by atoms with Crippen LogP contribution in [-0.2, 0) is 13.1 Å². The molecule has 0 aromatic heterocycles. The number of amidine groups is 1. The lowest BCUT2D eigenvalue weighted by Gasteiger charge is -2.49. The van der Waals surface area contributed by atoms with Crippen molar-refractivity contribution in [1.82, 2.24) is 20.4 Å². The third-order valence-corrected chi connectivity index (χ3v) is 7.90. The van der Waals surface area contributed by atoms with Gasteiger partial charge in [-0.05, 0) is 112 Å². The number of nitrogens with zero attached hydrogens (tertiary/aromatic N) is 2. The predicted octanol–water partition coefficient (Wildman–Crippen LogP) is 4.45. The minimum atomic E-state index is 0.107. The van der Waals surface area contributed by atoms with E-state index in [2.05, 4.69) is 108 Å². The van der Waals surface area contributed by atoms with Crippen LogP contribution in [-0.4, -0.2) is 64.0 Å². The van der Waals surface area contributed by atoms with Crippen molar-refractivity contribution in [2.24, 2.45) is 5.73 Å². The van der Waals surface area contributed by atoms with Crippen LogP contribution in [0.2, 0.25) is 0 Å². The van der Waals surface area contributed by atoms with E-state index < -0.39 is 0 Å². The van der Waals surface area contributed by atoms with E-state index in [4.69, 9.17) is 11.1 Å². The van der Waals surface area contributed by atoms with Crippen molar-refractivity contribution in [2.75, 3.05) is 14.1 Å². The van der Waals surface area contributed by atoms with Crippen LogP contribution in [0.15, 0.2) is 18.2 Å². The topological polar surface area (TPSA) is 80.4 Å². The van der Waals surface area contributed by atoms with Gasteiger partial charge in [0.15, 0.2) is 0 Å². The first-order valence-corrected chi connectivity index (χ1v) is 13.3. The molecule has 5 N–H and O–H groups in total. The maximum atomic E-state index is 8.30. The van der Waals surface area contributed by atoms with Gasteiger partial charge in [-0.25, -0.2) is 0 Å². The summed E-state index contributed by atoms with van der Waals surface area (Å²) in [6.45, 7) is 20.1. The number of hydrogen-bond donors (Lipinski definition) is 4. The van der Waals surface area contributed by atoms with Gasteiger partial charge in [-0.3, -0.25) is 15.2 Å². The van der Waals surface area contributed by atoms with Crippen LogP contribution in [0.5, 0.6) is 0 Å². The lowest BCUT2D eigenvalue weighted by Crippen LogP contribution is -2.61. The van der Waals surface area contributed by atoms with E-state index in [0.29, 0.717) is 12.1 Å². The molecule has 0 aliphatic carbocycles. The Kier molecular flexibility index (Phi) is 7.85. The maximum Gasteiger partial charge on any atom is 0.123 e. The second-order valence-corrected chi connectivity index (χ2v) is 14.1. The Morgan fingerprint density at radius 3 is 1.60 bits per heavy atom. The molecule has 0 atom stereocenters. The first-order chi connectivity index (χ1) is 15.9. The molecule has 0 bridgehead atoms. The first-order valence-electron chi connectivity index (χ1n) is 13.3. The molecular formula is C29H52N6. The number of hydrogen-bond acceptors (Lipinski definition) is 5. The van der Waals surface area contributed by atoms with Crippen molar-refractivity contribution in [3.05, 3.63) is 34.9 Å². The van der Waals surface area contributed by atoms with Gasteiger partial charge < -0.3 is 16.4 Å². The summed E-state index contributed by atoms with van der Waals surface area (Å²) < 4.78 is 0. The Hall–Kier alpha value is -1.47. The standard InChI is InChI=1S/C29H52N6/c1-26(2)14-22(15-27(3,4)32-26)34(9)18-20-11-12-21(24(13-20)25(30)31)19-35(10)23-16-28(5,6)33-29(7,8)17-23/h11-13,22-23,32-33H,14-19H2,1-10H3,(H3,30,31). The molecule has 1 aromatic rings. The van der Waals surface area contributed by atoms with Crippen LogP contribution in [0, 0.1) is 5.41 Å². The minimum Gasteiger partial charge on any atom is -0.384 e. The van der Waals surface area contributed by atoms with Crippen molar-refractivity contribution in [3.8, 4) is 0 Å². The van der Waals surface area contributed by atoms with Gasteiger partial charge in [-0.15, -0.1) is 0 Å². The summed E-state index contributed by atoms with van der Waals surface area (Å²) in [5, 5.41) is 15.9. The van der Waals surface area contributed by atoms with E-state index in [0.717, 1.165) is 49.9 Å². The Balaban J connectivity index is 1.74. The van der Waals surface area contributed by atoms with Crippen molar-refractivity contribution in [3.63, 3.8) is 0 Å². The highest BCUT2D eigenvalue weighted by Gasteiger charge is 2.40. The quantitative estimate of drug-likeness (QED) is 0.340. The number of rotatable bonds is 7. The van der Waals surface area contributed by atoms with Crippen molar-refractivity contribution in [1.29, 1.82) is 5.41 Å². The summed E-state index contributed by atoms with van der Waals surface area (Å²) in [5.41, 5.74) is 9.80. The molecule has 6 nitrogen and oxygen atoms in total. The van der Waals surface area contributed by atoms with Gasteiger partial charge >= 0.3 is 0 Å². The minimum absolute atomic E-state index is 0.107. The molecule has 2 fully saturated rings. The van der Waals surface area contributed by atoms with E-state index >= 15 is 0 Å². The summed E-state index contributed by atoms with van der Waals surface area (Å²) in [7, 11) is 4.45. The van der Waals surface area contributed by atoms with Crippen molar-refractivity contribution < 1.29 is 0 Å². The highest BCUT2D eigenvalue weighted by atomic mass is 15.2. The van der Waals surface area contributed by atoms with Gasteiger partial charge in [0.05, 0.1) is 0 Å². The van der Waals surface area contributed by atoms with Crippen LogP contribution >= 0.6 is 0 Å². The number of nitrogen functional groups attached to an aromatic ring is 1. The zero-order chi connectivity index (χ0) is 26.4. The molecule has 2 saturated heterocycles. The highest BCUT2D eigenvalue weighted by Crippen LogP contribution is 2.33. The van der Waals surface area contributed by atoms with Crippen LogP contribution in [0.4, 0.5) is 0 Å². The normalized spacial score (nSPS) is 24.1. The molecule has 1 aromatic carbocycles. The zero-order valence-corrected chi connectivity index (χ0v) is 24.1. The monoisotopic (exact) mass is 484 g/mol. The fraction of sp³-hybridized carbons (Fsp3) is 0.759. The molecule has 0 unspecified atom stereocenters. The Morgan fingerprint density at radius 2 is 1.20 bits per heavy atom. The van der Waals surface area contributed by atoms with Crippen molar-refractivity contribution >= 4 is 5.84 Å². The number of piperidine rings is 2. The van der Waals surface area contributed by atoms with E-state index in [1.54, 1.807) is 0 Å². The SMILES string of the molecule is CN(Cc1ccc(CN(C)C2CC(C)(C)NC(C)(C)C2)c(C(=N)N)c1)C1CC(C)(C)NC(C)(C)C1. The Bertz CT molecular complexity index is 884. The fourth-order valence-corrected chi connectivity index (χ4v) is 7.09. The van der Waals surface area contributed by atoms with E-state index in [1.165, 1.54) is 5.56 Å². The van der Waals surface area contributed by atoms with Gasteiger partial charge in [-0.1, -0.05) is 12.1 Å². The van der Waals surface area contributed by atoms with Crippen LogP contribution in [0.1, 0.15) is 97.8 Å². The second kappa shape index (κ2) is 9.77. The number of nitrogens with two attached hydrogens (primary N) is 1. The first kappa shape index (κ1) is 28.1. The molecule has 2 aliphatic rings. The predicted molar refractivity (Wildman–Crippen MR) is 149 cm³/mol. The average molecular weight is 485 g/mol. The van der Waals surface area contributed by atoms with E-state index in [1.807, 2.05) is 0 Å². The molecule has 35 heavy (non-hydrogen) atoms. The molecular weight excluding hydrogens is 432 g/mol. The molecule has 0 radical (unpaired) electrons. The van der Waals surface area contributed by atoms with E-state index in [-0.39, 0.29) is 28.0 Å². The number of benzene rings is 1. The van der Waals surface area contributed by atoms with E-state index in [9.17, 15) is 0 Å². The summed E-state index contributed by atoms with van der Waals surface area (Å²) in [6.07, 6.45) is 4.46. The third-order valence-electron chi connectivity index (χ3n) is 7.90. The largest absolute Gasteiger partial charge is 0.384 e. The summed E-state index contributed by atoms with van der Waals surface area (Å²) in [5.74, 6) is 0.160. The zero-order valence-electron chi connectivity index (χ0n) is 24.1. The van der Waals surface area contributed by atoms with Gasteiger partial charge in [-0.2, -0.15) is 0 Å². The van der Waals surface area contributed by atoms with Crippen LogP contribution < -0.4 is 16.4 Å². The van der Waals surface area contributed by atoms with Gasteiger partial charge in [0.25, 0.3) is 0 Å². The molecule has 3 rings (SSSR count). The number of nitrogens with one attached hydrogen (secondary N) is 3. The molecule has 198 valence electrons. The molecule has 2 heterocycles. The second-order valence-electron chi connectivity index (χ2n) is 14.1. The fourth-order valence-electron chi connectivity index (χ4n) is 7.09. The van der Waals surface area contributed by atoms with Crippen LogP contribution in [0.3, 0.4) is 0 Å². The Morgan fingerprint density at radius 1 is 0.800 bits per heavy atom. The molecule has 0 spiro atoms. The lowest BCUT2D eigenvalue weighted by atomic mass is 9.79. The van der Waals surface area contributed by atoms with Gasteiger partial charge in [0, 0.05) is 52.9 Å². The smallest absolute Gasteiger partial charge is 0.123 e. The Labute approximate surface area is 214 Å². The third kappa shape index (κ3) is 7.51.